The summed E-state index contributed by atoms with van der Waals surface area (Å²) in [5.41, 5.74) is 6.05. The Balaban J connectivity index is 1.69. The van der Waals surface area contributed by atoms with Gasteiger partial charge >= 0.3 is 0 Å². The van der Waals surface area contributed by atoms with Crippen LogP contribution in [0.5, 0.6) is 0 Å². The molecule has 3 aliphatic rings. The number of nitrogens with two attached hydrogens (primary N) is 1. The Morgan fingerprint density at radius 3 is 2.68 bits per heavy atom. The van der Waals surface area contributed by atoms with Crippen LogP contribution in [-0.4, -0.2) is 40.8 Å². The van der Waals surface area contributed by atoms with E-state index in [9.17, 15) is 5.11 Å². The van der Waals surface area contributed by atoms with Gasteiger partial charge in [-0.2, -0.15) is 0 Å². The number of rotatable bonds is 2. The molecule has 2 saturated carbocycles. The zero-order chi connectivity index (χ0) is 13.3. The zero-order valence-corrected chi connectivity index (χ0v) is 12.2. The molecular weight excluding hydrogens is 236 g/mol. The van der Waals surface area contributed by atoms with Crippen molar-refractivity contribution in [1.82, 2.24) is 4.90 Å². The maximum absolute atomic E-state index is 9.56. The smallest absolute Gasteiger partial charge is 0.0611 e. The average Bonchev–Trinajstić information content (AvgIpc) is 2.47. The van der Waals surface area contributed by atoms with E-state index < -0.39 is 0 Å². The van der Waals surface area contributed by atoms with Crippen molar-refractivity contribution in [2.24, 2.45) is 11.7 Å². The van der Waals surface area contributed by atoms with Crippen LogP contribution in [0, 0.1) is 5.92 Å². The number of aliphatic hydroxyl groups is 1. The highest BCUT2D eigenvalue weighted by atomic mass is 16.3. The highest BCUT2D eigenvalue weighted by molar-refractivity contribution is 4.98. The van der Waals surface area contributed by atoms with E-state index in [1.807, 2.05) is 0 Å². The first kappa shape index (κ1) is 13.8. The molecule has 1 heterocycles. The van der Waals surface area contributed by atoms with Gasteiger partial charge < -0.3 is 10.8 Å². The Bertz CT molecular complexity index is 307. The molecule has 2 unspecified atom stereocenters. The molecular formula is C16H30N2O. The second kappa shape index (κ2) is 5.71. The first-order chi connectivity index (χ1) is 9.22. The van der Waals surface area contributed by atoms with Crippen LogP contribution in [0.2, 0.25) is 0 Å². The summed E-state index contributed by atoms with van der Waals surface area (Å²) < 4.78 is 0. The van der Waals surface area contributed by atoms with Crippen molar-refractivity contribution in [3.05, 3.63) is 0 Å². The van der Waals surface area contributed by atoms with Gasteiger partial charge in [0.1, 0.15) is 0 Å². The van der Waals surface area contributed by atoms with Crippen molar-refractivity contribution in [2.45, 2.75) is 81.8 Å². The highest BCUT2D eigenvalue weighted by Crippen LogP contribution is 2.39. The number of likely N-dealkylation sites (tertiary alicyclic amines) is 1. The van der Waals surface area contributed by atoms with Gasteiger partial charge in [-0.3, -0.25) is 4.90 Å². The van der Waals surface area contributed by atoms with Gasteiger partial charge in [0.25, 0.3) is 0 Å². The Morgan fingerprint density at radius 1 is 1.05 bits per heavy atom. The van der Waals surface area contributed by atoms with Gasteiger partial charge in [-0.05, 0) is 63.8 Å². The summed E-state index contributed by atoms with van der Waals surface area (Å²) in [4.78, 5) is 2.80. The topological polar surface area (TPSA) is 49.5 Å². The molecule has 0 aromatic carbocycles. The van der Waals surface area contributed by atoms with E-state index >= 15 is 0 Å². The zero-order valence-electron chi connectivity index (χ0n) is 12.2. The number of piperidine rings is 1. The summed E-state index contributed by atoms with van der Waals surface area (Å²) >= 11 is 0. The lowest BCUT2D eigenvalue weighted by Gasteiger charge is -2.51. The van der Waals surface area contributed by atoms with Crippen LogP contribution < -0.4 is 5.73 Å². The fourth-order valence-electron chi connectivity index (χ4n) is 4.91. The molecule has 3 heteroatoms. The number of aliphatic hydroxyl groups excluding tert-OH is 1. The Hall–Kier alpha value is -0.120. The fourth-order valence-corrected chi connectivity index (χ4v) is 4.91. The van der Waals surface area contributed by atoms with Gasteiger partial charge in [0.05, 0.1) is 6.61 Å². The average molecular weight is 266 g/mol. The normalized spacial score (nSPS) is 44.8. The maximum Gasteiger partial charge on any atom is 0.0611 e. The Kier molecular flexibility index (Phi) is 4.16. The second-order valence-corrected chi connectivity index (χ2v) is 7.26. The van der Waals surface area contributed by atoms with Crippen LogP contribution in [0.4, 0.5) is 0 Å². The summed E-state index contributed by atoms with van der Waals surface area (Å²) in [5.74, 6) is 0.950. The van der Waals surface area contributed by atoms with Gasteiger partial charge in [-0.25, -0.2) is 0 Å². The fraction of sp³-hybridized carbons (Fsp3) is 1.00. The molecule has 2 aliphatic carbocycles. The van der Waals surface area contributed by atoms with Crippen LogP contribution >= 0.6 is 0 Å². The van der Waals surface area contributed by atoms with E-state index in [0.717, 1.165) is 24.8 Å². The quantitative estimate of drug-likeness (QED) is 0.806. The monoisotopic (exact) mass is 266 g/mol. The summed E-state index contributed by atoms with van der Waals surface area (Å²) in [6.07, 6.45) is 13.0. The summed E-state index contributed by atoms with van der Waals surface area (Å²) in [6.45, 7) is 1.43. The summed E-state index contributed by atoms with van der Waals surface area (Å²) in [5, 5.41) is 9.56. The van der Waals surface area contributed by atoms with Crippen LogP contribution in [0.1, 0.15) is 64.2 Å². The van der Waals surface area contributed by atoms with Crippen LogP contribution in [0.3, 0.4) is 0 Å². The molecule has 0 bridgehead atoms. The molecule has 3 rings (SSSR count). The lowest BCUT2D eigenvalue weighted by Crippen LogP contribution is -2.58. The van der Waals surface area contributed by atoms with E-state index in [4.69, 9.17) is 5.73 Å². The van der Waals surface area contributed by atoms with E-state index in [2.05, 4.69) is 4.90 Å². The van der Waals surface area contributed by atoms with Crippen LogP contribution in [-0.2, 0) is 0 Å². The van der Waals surface area contributed by atoms with Crippen molar-refractivity contribution >= 4 is 0 Å². The molecule has 0 radical (unpaired) electrons. The van der Waals surface area contributed by atoms with Crippen molar-refractivity contribution < 1.29 is 5.11 Å². The molecule has 19 heavy (non-hydrogen) atoms. The Morgan fingerprint density at radius 2 is 1.84 bits per heavy atom. The first-order valence-electron chi connectivity index (χ1n) is 8.37. The van der Waals surface area contributed by atoms with E-state index in [1.165, 1.54) is 57.9 Å². The molecule has 110 valence electrons. The predicted octanol–water partition coefficient (Wildman–Crippen LogP) is 2.27. The van der Waals surface area contributed by atoms with Crippen molar-refractivity contribution in [1.29, 1.82) is 0 Å². The standard InChI is InChI=1S/C16H30N2O/c17-16(12-19)9-3-7-14(11-16)18-10-4-6-13-5-1-2-8-15(13)18/h13-15,19H,1-12,17H2/t13-,14?,15-,16?/m1/s1. The molecule has 3 fully saturated rings. The number of hydrogen-bond acceptors (Lipinski definition) is 3. The predicted molar refractivity (Wildman–Crippen MR) is 77.9 cm³/mol. The van der Waals surface area contributed by atoms with Crippen molar-refractivity contribution in [3.63, 3.8) is 0 Å². The van der Waals surface area contributed by atoms with Crippen molar-refractivity contribution in [2.75, 3.05) is 13.2 Å². The molecule has 3 N–H and O–H groups in total. The van der Waals surface area contributed by atoms with Crippen molar-refractivity contribution in [3.8, 4) is 0 Å². The molecule has 4 atom stereocenters. The Labute approximate surface area is 117 Å². The van der Waals surface area contributed by atoms with Crippen LogP contribution in [0.25, 0.3) is 0 Å². The molecule has 1 saturated heterocycles. The lowest BCUT2D eigenvalue weighted by atomic mass is 9.74. The van der Waals surface area contributed by atoms with Gasteiger partial charge in [-0.1, -0.05) is 12.8 Å². The molecule has 0 spiro atoms. The largest absolute Gasteiger partial charge is 0.394 e. The summed E-state index contributed by atoms with van der Waals surface area (Å²) in [6, 6.07) is 1.46. The highest BCUT2D eigenvalue weighted by Gasteiger charge is 2.41. The van der Waals surface area contributed by atoms with Gasteiger partial charge in [0.2, 0.25) is 0 Å². The summed E-state index contributed by atoms with van der Waals surface area (Å²) in [7, 11) is 0. The maximum atomic E-state index is 9.56. The van der Waals surface area contributed by atoms with E-state index in [1.54, 1.807) is 0 Å². The second-order valence-electron chi connectivity index (χ2n) is 7.26. The number of fused-ring (bicyclic) bond motifs is 1. The van der Waals surface area contributed by atoms with Crippen LogP contribution in [0.15, 0.2) is 0 Å². The SMILES string of the molecule is NC1(CO)CCCC(N2CCC[C@H]3CCCC[C@H]32)C1. The lowest BCUT2D eigenvalue weighted by molar-refractivity contribution is -0.00579. The minimum absolute atomic E-state index is 0.158. The molecule has 0 aromatic rings. The third-order valence-corrected chi connectivity index (χ3v) is 5.92. The molecule has 3 nitrogen and oxygen atoms in total. The number of nitrogens with zero attached hydrogens (tertiary/aromatic N) is 1. The minimum atomic E-state index is -0.301. The van der Waals surface area contributed by atoms with Gasteiger partial charge in [0.15, 0.2) is 0 Å². The molecule has 1 aliphatic heterocycles. The first-order valence-corrected chi connectivity index (χ1v) is 8.37. The number of hydrogen-bond donors (Lipinski definition) is 2. The third kappa shape index (κ3) is 2.84. The third-order valence-electron chi connectivity index (χ3n) is 5.92. The molecule has 0 amide bonds. The minimum Gasteiger partial charge on any atom is -0.394 e. The van der Waals surface area contributed by atoms with E-state index in [-0.39, 0.29) is 12.1 Å². The van der Waals surface area contributed by atoms with Gasteiger partial charge in [0, 0.05) is 17.6 Å². The van der Waals surface area contributed by atoms with Gasteiger partial charge in [-0.15, -0.1) is 0 Å². The van der Waals surface area contributed by atoms with E-state index in [0.29, 0.717) is 6.04 Å². The molecule has 0 aromatic heterocycles.